The van der Waals surface area contributed by atoms with Crippen molar-refractivity contribution in [3.8, 4) is 0 Å². The molecule has 124 valence electrons. The van der Waals surface area contributed by atoms with Crippen molar-refractivity contribution in [3.05, 3.63) is 11.6 Å². The molecule has 0 aliphatic heterocycles. The number of ether oxygens (including phenoxy) is 2. The molecule has 0 unspecified atom stereocenters. The first kappa shape index (κ1) is 16.0. The van der Waals surface area contributed by atoms with Crippen LogP contribution in [0.1, 0.15) is 64.7 Å². The summed E-state index contributed by atoms with van der Waals surface area (Å²) in [6, 6.07) is 0. The van der Waals surface area contributed by atoms with Crippen LogP contribution in [0.2, 0.25) is 0 Å². The van der Waals surface area contributed by atoms with Crippen LogP contribution < -0.4 is 0 Å². The molecule has 4 aliphatic carbocycles. The minimum absolute atomic E-state index is 0.0753. The van der Waals surface area contributed by atoms with E-state index in [0.29, 0.717) is 0 Å². The minimum Gasteiger partial charge on any atom is -0.456 e. The molecular weight excluding hydrogens is 276 g/mol. The van der Waals surface area contributed by atoms with Gasteiger partial charge in [0.25, 0.3) is 0 Å². The molecule has 0 aromatic rings. The lowest BCUT2D eigenvalue weighted by molar-refractivity contribution is -0.182. The summed E-state index contributed by atoms with van der Waals surface area (Å²) in [4.78, 5) is 12.4. The SMILES string of the molecule is COCCCCC=C(C)C(=O)OC12CC3CC(CC(C3)C1)C2. The van der Waals surface area contributed by atoms with Gasteiger partial charge in [-0.3, -0.25) is 0 Å². The van der Waals surface area contributed by atoms with Gasteiger partial charge in [0.15, 0.2) is 0 Å². The van der Waals surface area contributed by atoms with Gasteiger partial charge in [0.05, 0.1) is 0 Å². The lowest BCUT2D eigenvalue weighted by Crippen LogP contribution is -2.52. The molecule has 0 radical (unpaired) electrons. The maximum absolute atomic E-state index is 12.4. The summed E-state index contributed by atoms with van der Waals surface area (Å²) in [6.45, 7) is 2.70. The molecule has 4 rings (SSSR count). The standard InChI is InChI=1S/C19H30O3/c1-14(6-4-3-5-7-21-2)18(20)22-19-11-15-8-16(12-19)10-17(9-15)13-19/h6,15-17H,3-5,7-13H2,1-2H3. The zero-order valence-corrected chi connectivity index (χ0v) is 14.1. The number of hydrogen-bond donors (Lipinski definition) is 0. The first-order valence-corrected chi connectivity index (χ1v) is 8.99. The van der Waals surface area contributed by atoms with Gasteiger partial charge in [0, 0.05) is 19.3 Å². The Labute approximate surface area is 134 Å². The highest BCUT2D eigenvalue weighted by molar-refractivity contribution is 5.88. The summed E-state index contributed by atoms with van der Waals surface area (Å²) in [5.74, 6) is 2.38. The number of rotatable bonds is 7. The maximum Gasteiger partial charge on any atom is 0.333 e. The second kappa shape index (κ2) is 6.74. The zero-order valence-electron chi connectivity index (χ0n) is 14.1. The lowest BCUT2D eigenvalue weighted by atomic mass is 9.54. The fourth-order valence-corrected chi connectivity index (χ4v) is 5.23. The molecule has 4 saturated carbocycles. The Hall–Kier alpha value is -0.830. The molecule has 3 nitrogen and oxygen atoms in total. The zero-order chi connectivity index (χ0) is 15.6. The van der Waals surface area contributed by atoms with E-state index in [0.717, 1.165) is 68.5 Å². The van der Waals surface area contributed by atoms with Gasteiger partial charge < -0.3 is 9.47 Å². The molecule has 4 aliphatic rings. The minimum atomic E-state index is -0.114. The van der Waals surface area contributed by atoms with E-state index in [1.807, 2.05) is 13.0 Å². The first-order valence-electron chi connectivity index (χ1n) is 8.99. The number of methoxy groups -OCH3 is 1. The van der Waals surface area contributed by atoms with E-state index < -0.39 is 0 Å². The van der Waals surface area contributed by atoms with Crippen molar-refractivity contribution in [2.45, 2.75) is 70.3 Å². The van der Waals surface area contributed by atoms with Crippen LogP contribution in [-0.2, 0) is 14.3 Å². The summed E-state index contributed by atoms with van der Waals surface area (Å²) in [7, 11) is 1.73. The van der Waals surface area contributed by atoms with E-state index >= 15 is 0 Å². The van der Waals surface area contributed by atoms with Crippen LogP contribution in [0.15, 0.2) is 11.6 Å². The Morgan fingerprint density at radius 2 is 1.68 bits per heavy atom. The van der Waals surface area contributed by atoms with Crippen molar-refractivity contribution in [1.29, 1.82) is 0 Å². The Morgan fingerprint density at radius 3 is 2.23 bits per heavy atom. The van der Waals surface area contributed by atoms with Crippen LogP contribution >= 0.6 is 0 Å². The molecule has 0 spiro atoms. The van der Waals surface area contributed by atoms with Crippen LogP contribution in [0.4, 0.5) is 0 Å². The van der Waals surface area contributed by atoms with Gasteiger partial charge in [-0.15, -0.1) is 0 Å². The number of hydrogen-bond acceptors (Lipinski definition) is 3. The molecule has 3 heteroatoms. The second-order valence-electron chi connectivity index (χ2n) is 7.87. The Kier molecular flexibility index (Phi) is 4.91. The highest BCUT2D eigenvalue weighted by Gasteiger charge is 2.53. The average Bonchev–Trinajstić information content (AvgIpc) is 2.44. The molecule has 4 bridgehead atoms. The summed E-state index contributed by atoms with van der Waals surface area (Å²) < 4.78 is 11.1. The largest absolute Gasteiger partial charge is 0.456 e. The number of allylic oxidation sites excluding steroid dienone is 1. The number of carbonyl (C=O) groups excluding carboxylic acids is 1. The van der Waals surface area contributed by atoms with Gasteiger partial charge in [-0.25, -0.2) is 4.79 Å². The van der Waals surface area contributed by atoms with Crippen molar-refractivity contribution < 1.29 is 14.3 Å². The van der Waals surface area contributed by atoms with Crippen molar-refractivity contribution in [2.24, 2.45) is 17.8 Å². The van der Waals surface area contributed by atoms with E-state index in [-0.39, 0.29) is 11.6 Å². The van der Waals surface area contributed by atoms with Gasteiger partial charge in [-0.1, -0.05) is 6.08 Å². The van der Waals surface area contributed by atoms with Gasteiger partial charge in [0.2, 0.25) is 0 Å². The van der Waals surface area contributed by atoms with Crippen molar-refractivity contribution >= 4 is 5.97 Å². The summed E-state index contributed by atoms with van der Waals surface area (Å²) in [5, 5.41) is 0. The molecule has 0 N–H and O–H groups in total. The second-order valence-corrected chi connectivity index (χ2v) is 7.87. The maximum atomic E-state index is 12.4. The monoisotopic (exact) mass is 306 g/mol. The first-order chi connectivity index (χ1) is 10.6. The third-order valence-corrected chi connectivity index (χ3v) is 5.87. The van der Waals surface area contributed by atoms with Crippen molar-refractivity contribution in [2.75, 3.05) is 13.7 Å². The van der Waals surface area contributed by atoms with Crippen LogP contribution in [0.5, 0.6) is 0 Å². The van der Waals surface area contributed by atoms with Crippen LogP contribution in [0, 0.1) is 17.8 Å². The van der Waals surface area contributed by atoms with Gasteiger partial charge >= 0.3 is 5.97 Å². The van der Waals surface area contributed by atoms with Gasteiger partial charge in [-0.2, -0.15) is 0 Å². The normalized spacial score (nSPS) is 36.6. The fraction of sp³-hybridized carbons (Fsp3) is 0.842. The van der Waals surface area contributed by atoms with Gasteiger partial charge in [0.1, 0.15) is 5.60 Å². The summed E-state index contributed by atoms with van der Waals surface area (Å²) in [5.41, 5.74) is 0.671. The van der Waals surface area contributed by atoms with E-state index in [4.69, 9.17) is 9.47 Å². The molecule has 0 saturated heterocycles. The summed E-state index contributed by atoms with van der Waals surface area (Å²) >= 11 is 0. The topological polar surface area (TPSA) is 35.5 Å². The lowest BCUT2D eigenvalue weighted by Gasteiger charge is -2.55. The molecule has 0 heterocycles. The Bertz CT molecular complexity index is 403. The molecule has 4 fully saturated rings. The third kappa shape index (κ3) is 3.56. The Morgan fingerprint density at radius 1 is 1.09 bits per heavy atom. The molecular formula is C19H30O3. The molecule has 0 aromatic carbocycles. The number of esters is 1. The van der Waals surface area contributed by atoms with Gasteiger partial charge in [-0.05, 0) is 82.5 Å². The number of carbonyl (C=O) groups is 1. The van der Waals surface area contributed by atoms with E-state index in [1.54, 1.807) is 7.11 Å². The highest BCUT2D eigenvalue weighted by Crippen LogP contribution is 2.57. The van der Waals surface area contributed by atoms with E-state index in [1.165, 1.54) is 19.3 Å². The average molecular weight is 306 g/mol. The molecule has 0 aromatic heterocycles. The Balaban J connectivity index is 1.52. The van der Waals surface area contributed by atoms with Crippen LogP contribution in [-0.4, -0.2) is 25.3 Å². The molecule has 0 amide bonds. The number of unbranched alkanes of at least 4 members (excludes halogenated alkanes) is 2. The smallest absolute Gasteiger partial charge is 0.333 e. The van der Waals surface area contributed by atoms with Crippen LogP contribution in [0.3, 0.4) is 0 Å². The summed E-state index contributed by atoms with van der Waals surface area (Å²) in [6.07, 6.45) is 12.6. The molecule has 22 heavy (non-hydrogen) atoms. The van der Waals surface area contributed by atoms with Crippen molar-refractivity contribution in [3.63, 3.8) is 0 Å². The van der Waals surface area contributed by atoms with Crippen LogP contribution in [0.25, 0.3) is 0 Å². The quantitative estimate of drug-likeness (QED) is 0.400. The van der Waals surface area contributed by atoms with Crippen molar-refractivity contribution in [1.82, 2.24) is 0 Å². The third-order valence-electron chi connectivity index (χ3n) is 5.87. The molecule has 0 atom stereocenters. The van der Waals surface area contributed by atoms with E-state index in [9.17, 15) is 4.79 Å². The van der Waals surface area contributed by atoms with E-state index in [2.05, 4.69) is 0 Å². The highest BCUT2D eigenvalue weighted by atomic mass is 16.6. The predicted octanol–water partition coefficient (Wildman–Crippen LogP) is 4.26. The fourth-order valence-electron chi connectivity index (χ4n) is 5.23. The predicted molar refractivity (Wildman–Crippen MR) is 86.5 cm³/mol.